The van der Waals surface area contributed by atoms with Gasteiger partial charge in [0.15, 0.2) is 11.5 Å². The van der Waals surface area contributed by atoms with Crippen molar-refractivity contribution in [2.45, 2.75) is 26.4 Å². The minimum Gasteiger partial charge on any atom is -0.507 e. The number of fused-ring (bicyclic) bond motifs is 1. The van der Waals surface area contributed by atoms with Gasteiger partial charge >= 0.3 is 0 Å². The molecule has 1 aliphatic rings. The number of carbonyl (C=O) groups is 1. The number of benzene rings is 3. The van der Waals surface area contributed by atoms with Crippen molar-refractivity contribution in [2.75, 3.05) is 7.11 Å². The summed E-state index contributed by atoms with van der Waals surface area (Å²) in [6, 6.07) is 16.3. The third-order valence-corrected chi connectivity index (χ3v) is 7.12. The molecular formula is C27H24BrN3O4. The Balaban J connectivity index is 1.73. The summed E-state index contributed by atoms with van der Waals surface area (Å²) < 4.78 is 5.84. The maximum absolute atomic E-state index is 13.6. The van der Waals surface area contributed by atoms with E-state index in [2.05, 4.69) is 26.1 Å². The van der Waals surface area contributed by atoms with E-state index in [1.54, 1.807) is 23.1 Å². The van der Waals surface area contributed by atoms with Gasteiger partial charge in [-0.3, -0.25) is 9.89 Å². The van der Waals surface area contributed by atoms with Crippen LogP contribution in [0.25, 0.3) is 11.3 Å². The van der Waals surface area contributed by atoms with Gasteiger partial charge in [0.2, 0.25) is 0 Å². The molecule has 35 heavy (non-hydrogen) atoms. The molecule has 3 aromatic carbocycles. The molecule has 2 heterocycles. The fraction of sp³-hybridized carbons (Fsp3) is 0.185. The normalized spacial score (nSPS) is 14.9. The number of phenolic OH excluding ortho intramolecular Hbond substituents is 2. The van der Waals surface area contributed by atoms with Gasteiger partial charge in [0.1, 0.15) is 17.1 Å². The van der Waals surface area contributed by atoms with Crippen molar-refractivity contribution in [1.29, 1.82) is 0 Å². The number of aryl methyl sites for hydroxylation is 2. The Hall–Kier alpha value is -3.78. The third-order valence-electron chi connectivity index (χ3n) is 6.51. The van der Waals surface area contributed by atoms with E-state index in [0.29, 0.717) is 33.5 Å². The zero-order valence-corrected chi connectivity index (χ0v) is 21.0. The number of amides is 1. The van der Waals surface area contributed by atoms with Crippen molar-refractivity contribution in [1.82, 2.24) is 15.1 Å². The third kappa shape index (κ3) is 3.83. The van der Waals surface area contributed by atoms with Crippen molar-refractivity contribution in [2.24, 2.45) is 0 Å². The number of aromatic amines is 1. The van der Waals surface area contributed by atoms with Crippen LogP contribution in [0.15, 0.2) is 59.1 Å². The second-order valence-electron chi connectivity index (χ2n) is 8.69. The average molecular weight is 534 g/mol. The maximum Gasteiger partial charge on any atom is 0.273 e. The van der Waals surface area contributed by atoms with Gasteiger partial charge in [-0.15, -0.1) is 0 Å². The van der Waals surface area contributed by atoms with Gasteiger partial charge in [0, 0.05) is 17.7 Å². The van der Waals surface area contributed by atoms with Crippen LogP contribution in [0.1, 0.15) is 44.3 Å². The molecule has 0 spiro atoms. The smallest absolute Gasteiger partial charge is 0.273 e. The van der Waals surface area contributed by atoms with E-state index in [4.69, 9.17) is 4.74 Å². The first-order valence-electron chi connectivity index (χ1n) is 11.1. The number of halogens is 1. The van der Waals surface area contributed by atoms with Crippen LogP contribution in [0.2, 0.25) is 0 Å². The van der Waals surface area contributed by atoms with Crippen molar-refractivity contribution >= 4 is 21.8 Å². The topological polar surface area (TPSA) is 98.7 Å². The standard InChI is InChI=1S/C27H24BrN3O4/c1-14-9-18(20(32)10-15(14)2)23-22-24(30-29-23)27(34)31(13-16-7-5-4-6-8-16)25(22)17-11-19(28)26(33)21(12-17)35-3/h4-12,25,32-33H,13H2,1-3H3,(H,29,30)/t25-/m1/s1. The highest BCUT2D eigenvalue weighted by molar-refractivity contribution is 9.10. The highest BCUT2D eigenvalue weighted by atomic mass is 79.9. The number of hydrogen-bond acceptors (Lipinski definition) is 5. The number of rotatable bonds is 5. The Morgan fingerprint density at radius 3 is 2.51 bits per heavy atom. The molecule has 0 bridgehead atoms. The highest BCUT2D eigenvalue weighted by Crippen LogP contribution is 2.48. The fourth-order valence-electron chi connectivity index (χ4n) is 4.59. The number of ether oxygens (including phenoxy) is 1. The van der Waals surface area contributed by atoms with E-state index in [9.17, 15) is 15.0 Å². The molecule has 1 atom stereocenters. The van der Waals surface area contributed by atoms with Gasteiger partial charge in [0.25, 0.3) is 5.91 Å². The first kappa shape index (κ1) is 23.0. The predicted molar refractivity (Wildman–Crippen MR) is 136 cm³/mol. The van der Waals surface area contributed by atoms with Crippen molar-refractivity contribution in [3.63, 3.8) is 0 Å². The van der Waals surface area contributed by atoms with E-state index in [-0.39, 0.29) is 23.2 Å². The summed E-state index contributed by atoms with van der Waals surface area (Å²) in [5.74, 6) is 0.169. The first-order chi connectivity index (χ1) is 16.8. The van der Waals surface area contributed by atoms with Crippen molar-refractivity contribution < 1.29 is 19.7 Å². The molecule has 3 N–H and O–H groups in total. The number of aromatic nitrogens is 2. The molecule has 1 aliphatic heterocycles. The largest absolute Gasteiger partial charge is 0.507 e. The molecule has 0 aliphatic carbocycles. The van der Waals surface area contributed by atoms with Crippen molar-refractivity contribution in [3.8, 4) is 28.5 Å². The fourth-order valence-corrected chi connectivity index (χ4v) is 5.05. The molecule has 5 rings (SSSR count). The lowest BCUT2D eigenvalue weighted by molar-refractivity contribution is 0.0730. The van der Waals surface area contributed by atoms with Gasteiger partial charge in [-0.2, -0.15) is 5.10 Å². The second kappa shape index (κ2) is 8.78. The van der Waals surface area contributed by atoms with Gasteiger partial charge in [-0.25, -0.2) is 0 Å². The summed E-state index contributed by atoms with van der Waals surface area (Å²) in [4.78, 5) is 15.4. The number of hydrogen-bond donors (Lipinski definition) is 3. The van der Waals surface area contributed by atoms with Crippen LogP contribution in [0, 0.1) is 13.8 Å². The number of H-pyrrole nitrogens is 1. The maximum atomic E-state index is 13.6. The Kier molecular flexibility index (Phi) is 5.76. The lowest BCUT2D eigenvalue weighted by Crippen LogP contribution is -2.29. The summed E-state index contributed by atoms with van der Waals surface area (Å²) in [7, 11) is 1.48. The number of methoxy groups -OCH3 is 1. The Morgan fingerprint density at radius 2 is 1.80 bits per heavy atom. The first-order valence-corrected chi connectivity index (χ1v) is 11.9. The van der Waals surface area contributed by atoms with E-state index < -0.39 is 6.04 Å². The van der Waals surface area contributed by atoms with E-state index >= 15 is 0 Å². The van der Waals surface area contributed by atoms with Crippen LogP contribution in [0.5, 0.6) is 17.2 Å². The summed E-state index contributed by atoms with van der Waals surface area (Å²) >= 11 is 3.41. The molecule has 0 unspecified atom stereocenters. The molecule has 178 valence electrons. The SMILES string of the molecule is COc1cc([C@@H]2c3c(-c4cc(C)c(C)cc4O)n[nH]c3C(=O)N2Cc2ccccc2)cc(Br)c1O. The average Bonchev–Trinajstić information content (AvgIpc) is 3.38. The Morgan fingerprint density at radius 1 is 1.09 bits per heavy atom. The van der Waals surface area contributed by atoms with E-state index in [0.717, 1.165) is 22.3 Å². The van der Waals surface area contributed by atoms with E-state index in [1.807, 2.05) is 50.2 Å². The van der Waals surface area contributed by atoms with Crippen LogP contribution >= 0.6 is 15.9 Å². The highest BCUT2D eigenvalue weighted by Gasteiger charge is 2.43. The van der Waals surface area contributed by atoms with Gasteiger partial charge in [-0.05, 0) is 76.3 Å². The minimum atomic E-state index is -0.529. The summed E-state index contributed by atoms with van der Waals surface area (Å²) in [5, 5.41) is 28.6. The molecule has 7 nitrogen and oxygen atoms in total. The van der Waals surface area contributed by atoms with Gasteiger partial charge in [-0.1, -0.05) is 30.3 Å². The zero-order chi connectivity index (χ0) is 24.9. The number of nitrogens with zero attached hydrogens (tertiary/aromatic N) is 2. The lowest BCUT2D eigenvalue weighted by atomic mass is 9.94. The number of nitrogens with one attached hydrogen (secondary N) is 1. The van der Waals surface area contributed by atoms with Crippen LogP contribution in [0.3, 0.4) is 0 Å². The second-order valence-corrected chi connectivity index (χ2v) is 9.54. The number of phenols is 2. The monoisotopic (exact) mass is 533 g/mol. The molecule has 8 heteroatoms. The number of carbonyl (C=O) groups excluding carboxylic acids is 1. The Bertz CT molecular complexity index is 1450. The molecule has 4 aromatic rings. The van der Waals surface area contributed by atoms with Crippen LogP contribution in [-0.2, 0) is 6.54 Å². The summed E-state index contributed by atoms with van der Waals surface area (Å²) in [6.45, 7) is 4.27. The van der Waals surface area contributed by atoms with Crippen LogP contribution in [0.4, 0.5) is 0 Å². The molecule has 0 saturated heterocycles. The molecule has 1 amide bonds. The summed E-state index contributed by atoms with van der Waals surface area (Å²) in [6.07, 6.45) is 0. The summed E-state index contributed by atoms with van der Waals surface area (Å²) in [5.41, 5.74) is 5.79. The molecule has 0 fully saturated rings. The number of aromatic hydroxyl groups is 2. The van der Waals surface area contributed by atoms with Crippen LogP contribution in [-0.4, -0.2) is 38.3 Å². The van der Waals surface area contributed by atoms with Gasteiger partial charge in [0.05, 0.1) is 17.6 Å². The van der Waals surface area contributed by atoms with Gasteiger partial charge < -0.3 is 19.8 Å². The molecule has 1 aromatic heterocycles. The minimum absolute atomic E-state index is 0.0189. The van der Waals surface area contributed by atoms with Crippen LogP contribution < -0.4 is 4.74 Å². The quantitative estimate of drug-likeness (QED) is 0.309. The molecule has 0 saturated carbocycles. The van der Waals surface area contributed by atoms with Crippen molar-refractivity contribution in [3.05, 3.63) is 92.6 Å². The zero-order valence-electron chi connectivity index (χ0n) is 19.5. The molecule has 0 radical (unpaired) electrons. The Labute approximate surface area is 211 Å². The lowest BCUT2D eigenvalue weighted by Gasteiger charge is -2.27. The van der Waals surface area contributed by atoms with E-state index in [1.165, 1.54) is 7.11 Å². The molecular weight excluding hydrogens is 510 g/mol. The predicted octanol–water partition coefficient (Wildman–Crippen LogP) is 5.62.